The molecule has 0 aliphatic carbocycles. The van der Waals surface area contributed by atoms with Crippen LogP contribution >= 0.6 is 11.6 Å². The molecule has 0 saturated carbocycles. The molecule has 1 aromatic heterocycles. The fraction of sp³-hybridized carbons (Fsp3) is 0.455. The highest BCUT2D eigenvalue weighted by atomic mass is 35.5. The standard InChI is InChI=1S/C11H14ClN3O3S/c1-11(10(13)16)4-5-15(7-11)19(17,18)8-2-3-9(12)14-6-8/h2-3,6H,4-5,7H2,1H3,(H2,13,16). The van der Waals surface area contributed by atoms with Gasteiger partial charge in [-0.05, 0) is 25.5 Å². The van der Waals surface area contributed by atoms with E-state index in [2.05, 4.69) is 4.98 Å². The first-order valence-corrected chi connectivity index (χ1v) is 7.49. The van der Waals surface area contributed by atoms with Crippen molar-refractivity contribution in [2.75, 3.05) is 13.1 Å². The predicted molar refractivity (Wildman–Crippen MR) is 69.9 cm³/mol. The Morgan fingerprint density at radius 1 is 1.53 bits per heavy atom. The van der Waals surface area contributed by atoms with Gasteiger partial charge in [-0.25, -0.2) is 13.4 Å². The molecule has 1 fully saturated rings. The third-order valence-corrected chi connectivity index (χ3v) is 5.42. The van der Waals surface area contributed by atoms with Crippen molar-refractivity contribution in [1.29, 1.82) is 0 Å². The molecule has 2 rings (SSSR count). The molecule has 0 radical (unpaired) electrons. The number of nitrogens with two attached hydrogens (primary N) is 1. The van der Waals surface area contributed by atoms with Crippen molar-refractivity contribution in [3.63, 3.8) is 0 Å². The molecule has 1 aromatic rings. The van der Waals surface area contributed by atoms with Crippen molar-refractivity contribution in [1.82, 2.24) is 9.29 Å². The minimum atomic E-state index is -3.66. The first-order chi connectivity index (χ1) is 8.75. The highest BCUT2D eigenvalue weighted by Crippen LogP contribution is 2.33. The lowest BCUT2D eigenvalue weighted by atomic mass is 9.89. The maximum atomic E-state index is 12.3. The first-order valence-electron chi connectivity index (χ1n) is 5.67. The molecule has 0 aromatic carbocycles. The summed E-state index contributed by atoms with van der Waals surface area (Å²) < 4.78 is 25.9. The van der Waals surface area contributed by atoms with E-state index < -0.39 is 21.3 Å². The quantitative estimate of drug-likeness (QED) is 0.828. The van der Waals surface area contributed by atoms with Crippen LogP contribution in [0.2, 0.25) is 5.15 Å². The fourth-order valence-electron chi connectivity index (χ4n) is 1.99. The molecule has 1 aliphatic rings. The molecule has 2 N–H and O–H groups in total. The van der Waals surface area contributed by atoms with E-state index in [4.69, 9.17) is 17.3 Å². The van der Waals surface area contributed by atoms with Crippen LogP contribution in [0.25, 0.3) is 0 Å². The van der Waals surface area contributed by atoms with E-state index >= 15 is 0 Å². The van der Waals surface area contributed by atoms with E-state index in [-0.39, 0.29) is 23.1 Å². The van der Waals surface area contributed by atoms with Gasteiger partial charge in [-0.2, -0.15) is 4.31 Å². The number of hydrogen-bond donors (Lipinski definition) is 1. The minimum absolute atomic E-state index is 0.0608. The van der Waals surface area contributed by atoms with Gasteiger partial charge >= 0.3 is 0 Å². The average molecular weight is 304 g/mol. The van der Waals surface area contributed by atoms with E-state index in [0.717, 1.165) is 0 Å². The Hall–Kier alpha value is -1.18. The number of carbonyl (C=O) groups is 1. The zero-order chi connectivity index (χ0) is 14.3. The number of rotatable bonds is 3. The maximum Gasteiger partial charge on any atom is 0.244 e. The topological polar surface area (TPSA) is 93.4 Å². The van der Waals surface area contributed by atoms with Crippen LogP contribution in [0, 0.1) is 5.41 Å². The van der Waals surface area contributed by atoms with Crippen LogP contribution in [-0.2, 0) is 14.8 Å². The van der Waals surface area contributed by atoms with Crippen LogP contribution in [0.3, 0.4) is 0 Å². The van der Waals surface area contributed by atoms with Crippen molar-refractivity contribution >= 4 is 27.5 Å². The predicted octanol–water partition coefficient (Wildman–Crippen LogP) is 0.621. The smallest absolute Gasteiger partial charge is 0.244 e. The third-order valence-electron chi connectivity index (χ3n) is 3.37. The van der Waals surface area contributed by atoms with E-state index in [9.17, 15) is 13.2 Å². The summed E-state index contributed by atoms with van der Waals surface area (Å²) in [5.41, 5.74) is 4.49. The van der Waals surface area contributed by atoms with Crippen LogP contribution in [0.1, 0.15) is 13.3 Å². The summed E-state index contributed by atoms with van der Waals surface area (Å²) in [6, 6.07) is 2.81. The maximum absolute atomic E-state index is 12.3. The molecule has 1 saturated heterocycles. The summed E-state index contributed by atoms with van der Waals surface area (Å²) in [6.07, 6.45) is 1.63. The van der Waals surface area contributed by atoms with E-state index in [1.807, 2.05) is 0 Å². The zero-order valence-corrected chi connectivity index (χ0v) is 11.9. The Bertz CT molecular complexity index is 602. The number of halogens is 1. The van der Waals surface area contributed by atoms with Crippen molar-refractivity contribution in [3.8, 4) is 0 Å². The SMILES string of the molecule is CC1(C(N)=O)CCN(S(=O)(=O)c2ccc(Cl)nc2)C1. The van der Waals surface area contributed by atoms with Crippen molar-refractivity contribution in [3.05, 3.63) is 23.5 Å². The molecule has 6 nitrogen and oxygen atoms in total. The molecule has 2 heterocycles. The molecule has 19 heavy (non-hydrogen) atoms. The Balaban J connectivity index is 2.28. The van der Waals surface area contributed by atoms with Gasteiger partial charge in [0.1, 0.15) is 10.0 Å². The molecular weight excluding hydrogens is 290 g/mol. The number of pyridine rings is 1. The first kappa shape index (κ1) is 14.2. The van der Waals surface area contributed by atoms with Crippen LogP contribution in [0.5, 0.6) is 0 Å². The highest BCUT2D eigenvalue weighted by molar-refractivity contribution is 7.89. The van der Waals surface area contributed by atoms with Gasteiger partial charge < -0.3 is 5.73 Å². The summed E-state index contributed by atoms with van der Waals surface area (Å²) in [7, 11) is -3.66. The van der Waals surface area contributed by atoms with E-state index in [0.29, 0.717) is 6.42 Å². The monoisotopic (exact) mass is 303 g/mol. The molecule has 1 amide bonds. The van der Waals surface area contributed by atoms with Gasteiger partial charge in [0, 0.05) is 19.3 Å². The second-order valence-corrected chi connectivity index (χ2v) is 7.16. The summed E-state index contributed by atoms with van der Waals surface area (Å²) in [4.78, 5) is 15.2. The number of carbonyl (C=O) groups excluding carboxylic acids is 1. The van der Waals surface area contributed by atoms with Crippen molar-refractivity contribution < 1.29 is 13.2 Å². The van der Waals surface area contributed by atoms with Gasteiger partial charge in [-0.15, -0.1) is 0 Å². The Kier molecular flexibility index (Phi) is 3.55. The highest BCUT2D eigenvalue weighted by Gasteiger charge is 2.43. The summed E-state index contributed by atoms with van der Waals surface area (Å²) >= 11 is 5.63. The van der Waals surface area contributed by atoms with Crippen LogP contribution < -0.4 is 5.73 Å². The van der Waals surface area contributed by atoms with E-state index in [1.54, 1.807) is 6.92 Å². The molecule has 1 unspecified atom stereocenters. The number of amides is 1. The van der Waals surface area contributed by atoms with Crippen molar-refractivity contribution in [2.24, 2.45) is 11.1 Å². The number of hydrogen-bond acceptors (Lipinski definition) is 4. The molecule has 1 aliphatic heterocycles. The minimum Gasteiger partial charge on any atom is -0.369 e. The van der Waals surface area contributed by atoms with Gasteiger partial charge in [-0.1, -0.05) is 11.6 Å². The summed E-state index contributed by atoms with van der Waals surface area (Å²) in [5, 5.41) is 0.224. The Morgan fingerprint density at radius 3 is 2.68 bits per heavy atom. The lowest BCUT2D eigenvalue weighted by Gasteiger charge is -2.20. The average Bonchev–Trinajstić information content (AvgIpc) is 2.75. The summed E-state index contributed by atoms with van der Waals surface area (Å²) in [5.74, 6) is -0.487. The van der Waals surface area contributed by atoms with Crippen LogP contribution in [-0.4, -0.2) is 36.7 Å². The Labute approximate surface area is 116 Å². The number of aromatic nitrogens is 1. The normalized spacial score (nSPS) is 24.5. The Morgan fingerprint density at radius 2 is 2.21 bits per heavy atom. The van der Waals surface area contributed by atoms with Gasteiger partial charge in [0.2, 0.25) is 15.9 Å². The number of sulfonamides is 1. The van der Waals surface area contributed by atoms with Gasteiger partial charge in [0.05, 0.1) is 5.41 Å². The second kappa shape index (κ2) is 4.73. The number of nitrogens with zero attached hydrogens (tertiary/aromatic N) is 2. The third kappa shape index (κ3) is 2.58. The molecular formula is C11H14ClN3O3S. The van der Waals surface area contributed by atoms with Gasteiger partial charge in [-0.3, -0.25) is 4.79 Å². The lowest BCUT2D eigenvalue weighted by Crippen LogP contribution is -2.38. The van der Waals surface area contributed by atoms with Gasteiger partial charge in [0.25, 0.3) is 0 Å². The second-order valence-electron chi connectivity index (χ2n) is 4.83. The van der Waals surface area contributed by atoms with Crippen LogP contribution in [0.4, 0.5) is 0 Å². The zero-order valence-electron chi connectivity index (χ0n) is 10.3. The molecule has 0 spiro atoms. The molecule has 1 atom stereocenters. The lowest BCUT2D eigenvalue weighted by molar-refractivity contribution is -0.126. The number of primary amides is 1. The summed E-state index contributed by atoms with van der Waals surface area (Å²) in [6.45, 7) is 2.03. The van der Waals surface area contributed by atoms with Gasteiger partial charge in [0.15, 0.2) is 0 Å². The molecule has 104 valence electrons. The largest absolute Gasteiger partial charge is 0.369 e. The van der Waals surface area contributed by atoms with E-state index in [1.165, 1.54) is 22.6 Å². The van der Waals surface area contributed by atoms with Crippen molar-refractivity contribution in [2.45, 2.75) is 18.2 Å². The van der Waals surface area contributed by atoms with Crippen LogP contribution in [0.15, 0.2) is 23.2 Å². The fourth-order valence-corrected chi connectivity index (χ4v) is 3.61. The molecule has 8 heteroatoms. The molecule has 0 bridgehead atoms.